The second-order valence-electron chi connectivity index (χ2n) is 8.74. The fraction of sp³-hybridized carbons (Fsp3) is 0.148. The number of imidazole rings is 1. The Morgan fingerprint density at radius 2 is 1.72 bits per heavy atom. The van der Waals surface area contributed by atoms with E-state index in [1.807, 2.05) is 35.0 Å². The van der Waals surface area contributed by atoms with Crippen LogP contribution >= 0.6 is 15.9 Å². The Morgan fingerprint density at radius 1 is 1.00 bits per heavy atom. The van der Waals surface area contributed by atoms with E-state index in [-0.39, 0.29) is 11.5 Å². The lowest BCUT2D eigenvalue weighted by Crippen LogP contribution is -2.35. The summed E-state index contributed by atoms with van der Waals surface area (Å²) in [4.78, 5) is 4.10. The van der Waals surface area contributed by atoms with E-state index >= 15 is 0 Å². The van der Waals surface area contributed by atoms with Crippen LogP contribution in [0.2, 0.25) is 0 Å². The molecule has 2 aliphatic heterocycles. The predicted octanol–water partition coefficient (Wildman–Crippen LogP) is 5.20. The van der Waals surface area contributed by atoms with Gasteiger partial charge in [-0.15, -0.1) is 0 Å². The second-order valence-corrected chi connectivity index (χ2v) is 11.4. The number of phenols is 1. The van der Waals surface area contributed by atoms with Crippen molar-refractivity contribution in [2.24, 2.45) is 0 Å². The molecule has 3 unspecified atom stereocenters. The second kappa shape index (κ2) is 8.92. The fourth-order valence-electron chi connectivity index (χ4n) is 4.93. The molecule has 1 saturated heterocycles. The molecular formula is C27H21BrN2O5S. The number of rotatable bonds is 6. The van der Waals surface area contributed by atoms with Gasteiger partial charge in [-0.25, -0.2) is 4.98 Å². The van der Waals surface area contributed by atoms with Crippen LogP contribution < -0.4 is 4.18 Å². The summed E-state index contributed by atoms with van der Waals surface area (Å²) in [5.74, 6) is 0.384. The molecule has 3 heterocycles. The molecule has 1 N–H and O–H groups in total. The first-order valence-corrected chi connectivity index (χ1v) is 13.6. The van der Waals surface area contributed by atoms with Crippen LogP contribution in [0.5, 0.6) is 11.5 Å². The van der Waals surface area contributed by atoms with E-state index in [2.05, 4.69) is 20.9 Å². The van der Waals surface area contributed by atoms with Gasteiger partial charge < -0.3 is 18.6 Å². The summed E-state index contributed by atoms with van der Waals surface area (Å²) in [7, 11) is -3.99. The van der Waals surface area contributed by atoms with Crippen molar-refractivity contribution >= 4 is 37.2 Å². The zero-order valence-corrected chi connectivity index (χ0v) is 21.3. The molecule has 182 valence electrons. The minimum Gasteiger partial charge on any atom is -0.508 e. The third-order valence-corrected chi connectivity index (χ3v) is 8.63. The Morgan fingerprint density at radius 3 is 2.42 bits per heavy atom. The molecule has 1 aromatic heterocycles. The van der Waals surface area contributed by atoms with Crippen molar-refractivity contribution in [2.75, 3.05) is 0 Å². The van der Waals surface area contributed by atoms with Gasteiger partial charge in [0.05, 0.1) is 12.4 Å². The van der Waals surface area contributed by atoms with Crippen molar-refractivity contribution < 1.29 is 22.4 Å². The summed E-state index contributed by atoms with van der Waals surface area (Å²) < 4.78 is 41.2. The van der Waals surface area contributed by atoms with E-state index in [1.165, 1.54) is 0 Å². The highest BCUT2D eigenvalue weighted by molar-refractivity contribution is 9.10. The monoisotopic (exact) mass is 564 g/mol. The maximum atomic E-state index is 13.4. The average molecular weight is 565 g/mol. The average Bonchev–Trinajstić information content (AvgIpc) is 3.61. The summed E-state index contributed by atoms with van der Waals surface area (Å²) in [6.07, 6.45) is 4.53. The van der Waals surface area contributed by atoms with Crippen molar-refractivity contribution in [3.63, 3.8) is 0 Å². The summed E-state index contributed by atoms with van der Waals surface area (Å²) >= 11 is 3.35. The fourth-order valence-corrected chi connectivity index (χ4v) is 6.72. The predicted molar refractivity (Wildman–Crippen MR) is 139 cm³/mol. The van der Waals surface area contributed by atoms with E-state index in [4.69, 9.17) is 8.92 Å². The van der Waals surface area contributed by atoms with Crippen molar-refractivity contribution in [2.45, 2.75) is 23.9 Å². The lowest BCUT2D eigenvalue weighted by molar-refractivity contribution is 0.128. The standard InChI is InChI=1S/C27H21BrN2O5S/c28-19-2-1-3-22(14-19)35-36(32,33)24-15-23-25(17-4-8-20(9-5-17)30-13-12-29-16-30)26(27(24)34-23)18-6-10-21(31)11-7-18/h1-14,16,23-24,27,31H,15H2. The highest BCUT2D eigenvalue weighted by atomic mass is 79.9. The van der Waals surface area contributed by atoms with Gasteiger partial charge in [0.1, 0.15) is 22.9 Å². The molecule has 0 spiro atoms. The number of aromatic hydroxyl groups is 1. The zero-order valence-electron chi connectivity index (χ0n) is 18.9. The molecule has 3 aromatic carbocycles. The Hall–Kier alpha value is -3.40. The smallest absolute Gasteiger partial charge is 0.315 e. The van der Waals surface area contributed by atoms with Crippen molar-refractivity contribution in [3.05, 3.63) is 107 Å². The van der Waals surface area contributed by atoms with Crippen molar-refractivity contribution in [1.82, 2.24) is 9.55 Å². The van der Waals surface area contributed by atoms with Crippen LogP contribution in [-0.2, 0) is 14.9 Å². The number of hydrogen-bond acceptors (Lipinski definition) is 6. The third-order valence-electron chi connectivity index (χ3n) is 6.53. The topological polar surface area (TPSA) is 90.7 Å². The number of benzene rings is 3. The largest absolute Gasteiger partial charge is 0.508 e. The van der Waals surface area contributed by atoms with Crippen LogP contribution in [0.4, 0.5) is 0 Å². The minimum atomic E-state index is -3.99. The quantitative estimate of drug-likeness (QED) is 0.324. The van der Waals surface area contributed by atoms with Crippen LogP contribution in [-0.4, -0.2) is 40.5 Å². The van der Waals surface area contributed by atoms with Crippen LogP contribution in [0.3, 0.4) is 0 Å². The molecule has 7 nitrogen and oxygen atoms in total. The maximum absolute atomic E-state index is 13.4. The Balaban J connectivity index is 1.40. The number of halogens is 1. The summed E-state index contributed by atoms with van der Waals surface area (Å²) in [5, 5.41) is 8.97. The van der Waals surface area contributed by atoms with Crippen LogP contribution in [0.1, 0.15) is 17.5 Å². The van der Waals surface area contributed by atoms with Gasteiger partial charge in [-0.1, -0.05) is 46.3 Å². The Kier molecular flexibility index (Phi) is 5.70. The molecule has 36 heavy (non-hydrogen) atoms. The molecule has 1 fully saturated rings. The molecule has 9 heteroatoms. The lowest BCUT2D eigenvalue weighted by Gasteiger charge is -2.24. The van der Waals surface area contributed by atoms with Gasteiger partial charge in [-0.05, 0) is 64.7 Å². The number of fused-ring (bicyclic) bond motifs is 2. The van der Waals surface area contributed by atoms with Gasteiger partial charge in [0.15, 0.2) is 0 Å². The molecule has 2 bridgehead atoms. The van der Waals surface area contributed by atoms with E-state index in [1.54, 1.807) is 61.1 Å². The minimum absolute atomic E-state index is 0.136. The van der Waals surface area contributed by atoms with Gasteiger partial charge in [0.25, 0.3) is 0 Å². The van der Waals surface area contributed by atoms with Gasteiger partial charge >= 0.3 is 10.1 Å². The molecule has 0 amide bonds. The van der Waals surface area contributed by atoms with Gasteiger partial charge in [0, 0.05) is 29.0 Å². The van der Waals surface area contributed by atoms with Crippen LogP contribution in [0.15, 0.2) is 96.0 Å². The van der Waals surface area contributed by atoms with Gasteiger partial charge in [-0.3, -0.25) is 0 Å². The SMILES string of the molecule is O=S(=O)(Oc1cccc(Br)c1)C1CC2OC1C(c1ccc(O)cc1)=C2c1ccc(-n2ccnc2)cc1. The highest BCUT2D eigenvalue weighted by Gasteiger charge is 2.53. The van der Waals surface area contributed by atoms with Crippen LogP contribution in [0.25, 0.3) is 16.8 Å². The first kappa shape index (κ1) is 23.0. The molecule has 0 saturated carbocycles. The summed E-state index contributed by atoms with van der Waals surface area (Å²) in [5.41, 5.74) is 4.48. The number of phenolic OH excluding ortho intramolecular Hbond substituents is 1. The maximum Gasteiger partial charge on any atom is 0.315 e. The molecule has 3 atom stereocenters. The molecule has 6 rings (SSSR count). The lowest BCUT2D eigenvalue weighted by atomic mass is 9.83. The van der Waals surface area contributed by atoms with Gasteiger partial charge in [-0.2, -0.15) is 8.42 Å². The normalized spacial score (nSPS) is 21.2. The van der Waals surface area contributed by atoms with E-state index in [0.29, 0.717) is 6.42 Å². The van der Waals surface area contributed by atoms with Crippen molar-refractivity contribution in [1.29, 1.82) is 0 Å². The number of aromatic nitrogens is 2. The summed E-state index contributed by atoms with van der Waals surface area (Å²) in [6, 6.07) is 21.5. The molecule has 0 aliphatic carbocycles. The summed E-state index contributed by atoms with van der Waals surface area (Å²) in [6.45, 7) is 0. The zero-order chi connectivity index (χ0) is 24.9. The molecule has 0 radical (unpaired) electrons. The van der Waals surface area contributed by atoms with Crippen LogP contribution in [0, 0.1) is 0 Å². The van der Waals surface area contributed by atoms with Gasteiger partial charge in [0.2, 0.25) is 0 Å². The third kappa shape index (κ3) is 4.13. The number of hydrogen-bond donors (Lipinski definition) is 1. The molecule has 4 aromatic rings. The van der Waals surface area contributed by atoms with E-state index < -0.39 is 27.6 Å². The highest BCUT2D eigenvalue weighted by Crippen LogP contribution is 2.51. The first-order valence-electron chi connectivity index (χ1n) is 11.4. The number of nitrogens with zero attached hydrogens (tertiary/aromatic N) is 2. The number of ether oxygens (including phenoxy) is 1. The Labute approximate surface area is 216 Å². The van der Waals surface area contributed by atoms with E-state index in [9.17, 15) is 13.5 Å². The molecular weight excluding hydrogens is 544 g/mol. The van der Waals surface area contributed by atoms with E-state index in [0.717, 1.165) is 32.4 Å². The first-order chi connectivity index (χ1) is 17.4. The molecule has 2 aliphatic rings. The van der Waals surface area contributed by atoms with Crippen molar-refractivity contribution in [3.8, 4) is 17.2 Å². The Bertz CT molecular complexity index is 1550.